The first-order chi connectivity index (χ1) is 9.63. The van der Waals surface area contributed by atoms with Gasteiger partial charge in [-0.15, -0.1) is 0 Å². The van der Waals surface area contributed by atoms with Gasteiger partial charge in [-0.05, 0) is 56.1 Å². The second-order valence-electron chi connectivity index (χ2n) is 5.25. The van der Waals surface area contributed by atoms with Crippen molar-refractivity contribution in [2.75, 3.05) is 14.2 Å². The average molecular weight is 269 g/mol. The van der Waals surface area contributed by atoms with Crippen LogP contribution < -0.4 is 10.1 Å². The fourth-order valence-electron chi connectivity index (χ4n) is 2.48. The predicted octanol–water partition coefficient (Wildman–Crippen LogP) is 3.82. The number of nitrogens with one attached hydrogen (secondary N) is 1. The van der Waals surface area contributed by atoms with Gasteiger partial charge in [0, 0.05) is 6.04 Å². The van der Waals surface area contributed by atoms with Gasteiger partial charge in [-0.1, -0.05) is 35.9 Å². The lowest BCUT2D eigenvalue weighted by atomic mass is 9.95. The third-order valence-corrected chi connectivity index (χ3v) is 3.77. The van der Waals surface area contributed by atoms with Crippen molar-refractivity contribution >= 4 is 0 Å². The van der Waals surface area contributed by atoms with Crippen LogP contribution in [0, 0.1) is 13.8 Å². The second-order valence-corrected chi connectivity index (χ2v) is 5.25. The van der Waals surface area contributed by atoms with Crippen LogP contribution in [0.1, 0.15) is 28.3 Å². The molecule has 106 valence electrons. The number of ether oxygens (including phenoxy) is 1. The molecule has 2 nitrogen and oxygen atoms in total. The fraction of sp³-hybridized carbons (Fsp3) is 0.333. The van der Waals surface area contributed by atoms with Gasteiger partial charge in [-0.25, -0.2) is 0 Å². The Morgan fingerprint density at radius 2 is 1.90 bits per heavy atom. The van der Waals surface area contributed by atoms with Crippen molar-refractivity contribution in [1.29, 1.82) is 0 Å². The van der Waals surface area contributed by atoms with E-state index in [0.717, 1.165) is 12.2 Å². The van der Waals surface area contributed by atoms with E-state index in [1.54, 1.807) is 7.11 Å². The van der Waals surface area contributed by atoms with Gasteiger partial charge in [0.1, 0.15) is 5.75 Å². The third kappa shape index (κ3) is 3.40. The molecule has 0 aliphatic rings. The molecule has 2 aromatic rings. The highest BCUT2D eigenvalue weighted by Crippen LogP contribution is 2.24. The van der Waals surface area contributed by atoms with Crippen molar-refractivity contribution in [3.05, 3.63) is 64.7 Å². The van der Waals surface area contributed by atoms with Gasteiger partial charge in [0.05, 0.1) is 7.11 Å². The topological polar surface area (TPSA) is 21.3 Å². The van der Waals surface area contributed by atoms with Crippen LogP contribution in [-0.4, -0.2) is 14.2 Å². The first-order valence-electron chi connectivity index (χ1n) is 7.01. The molecule has 2 rings (SSSR count). The smallest absolute Gasteiger partial charge is 0.119 e. The van der Waals surface area contributed by atoms with Gasteiger partial charge in [-0.3, -0.25) is 0 Å². The summed E-state index contributed by atoms with van der Waals surface area (Å²) >= 11 is 0. The Labute approximate surface area is 121 Å². The Morgan fingerprint density at radius 3 is 2.60 bits per heavy atom. The van der Waals surface area contributed by atoms with Gasteiger partial charge < -0.3 is 10.1 Å². The summed E-state index contributed by atoms with van der Waals surface area (Å²) in [6.07, 6.45) is 0.983. The molecule has 0 saturated heterocycles. The van der Waals surface area contributed by atoms with E-state index < -0.39 is 0 Å². The molecule has 1 N–H and O–H groups in total. The van der Waals surface area contributed by atoms with E-state index in [9.17, 15) is 0 Å². The van der Waals surface area contributed by atoms with Crippen molar-refractivity contribution in [2.24, 2.45) is 0 Å². The van der Waals surface area contributed by atoms with Crippen molar-refractivity contribution in [3.63, 3.8) is 0 Å². The minimum absolute atomic E-state index is 0.297. The number of methoxy groups -OCH3 is 1. The Bertz CT molecular complexity index is 577. The molecule has 2 aromatic carbocycles. The van der Waals surface area contributed by atoms with E-state index in [1.165, 1.54) is 22.3 Å². The third-order valence-electron chi connectivity index (χ3n) is 3.77. The van der Waals surface area contributed by atoms with Crippen LogP contribution in [0.15, 0.2) is 42.5 Å². The first kappa shape index (κ1) is 14.6. The molecule has 1 atom stereocenters. The highest BCUT2D eigenvalue weighted by atomic mass is 16.5. The molecule has 20 heavy (non-hydrogen) atoms. The summed E-state index contributed by atoms with van der Waals surface area (Å²) in [5.41, 5.74) is 5.31. The van der Waals surface area contributed by atoms with Crippen LogP contribution in [0.25, 0.3) is 0 Å². The van der Waals surface area contributed by atoms with Crippen LogP contribution >= 0.6 is 0 Å². The summed E-state index contributed by atoms with van der Waals surface area (Å²) < 4.78 is 5.31. The van der Waals surface area contributed by atoms with Crippen molar-refractivity contribution in [3.8, 4) is 5.75 Å². The van der Waals surface area contributed by atoms with Gasteiger partial charge in [0.25, 0.3) is 0 Å². The van der Waals surface area contributed by atoms with Gasteiger partial charge in [0.15, 0.2) is 0 Å². The Morgan fingerprint density at radius 1 is 1.10 bits per heavy atom. The van der Waals surface area contributed by atoms with E-state index in [4.69, 9.17) is 4.74 Å². The molecule has 1 unspecified atom stereocenters. The number of benzene rings is 2. The average Bonchev–Trinajstić information content (AvgIpc) is 2.48. The molecular weight excluding hydrogens is 246 g/mol. The molecule has 0 amide bonds. The summed E-state index contributed by atoms with van der Waals surface area (Å²) in [5.74, 6) is 0.906. The molecule has 0 saturated carbocycles. The first-order valence-corrected chi connectivity index (χ1v) is 7.01. The lowest BCUT2D eigenvalue weighted by Gasteiger charge is -2.19. The van der Waals surface area contributed by atoms with Crippen LogP contribution in [0.3, 0.4) is 0 Å². The van der Waals surface area contributed by atoms with Crippen LogP contribution in [0.5, 0.6) is 5.75 Å². The van der Waals surface area contributed by atoms with E-state index >= 15 is 0 Å². The monoisotopic (exact) mass is 269 g/mol. The minimum Gasteiger partial charge on any atom is -0.497 e. The molecule has 2 heteroatoms. The molecule has 0 aliphatic heterocycles. The van der Waals surface area contributed by atoms with Crippen LogP contribution in [0.2, 0.25) is 0 Å². The summed E-state index contributed by atoms with van der Waals surface area (Å²) in [6.45, 7) is 4.32. The molecule has 0 spiro atoms. The largest absolute Gasteiger partial charge is 0.497 e. The molecule has 0 fully saturated rings. The van der Waals surface area contributed by atoms with E-state index in [-0.39, 0.29) is 0 Å². The van der Waals surface area contributed by atoms with Crippen molar-refractivity contribution in [2.45, 2.75) is 26.3 Å². The summed E-state index contributed by atoms with van der Waals surface area (Å²) in [4.78, 5) is 0. The second kappa shape index (κ2) is 6.58. The minimum atomic E-state index is 0.297. The highest BCUT2D eigenvalue weighted by Gasteiger charge is 2.12. The number of likely N-dealkylation sites (N-methyl/N-ethyl adjacent to an activating group) is 1. The lowest BCUT2D eigenvalue weighted by Crippen LogP contribution is -2.19. The number of rotatable bonds is 5. The normalized spacial score (nSPS) is 12.2. The van der Waals surface area contributed by atoms with E-state index in [0.29, 0.717) is 6.04 Å². The number of aryl methyl sites for hydroxylation is 2. The zero-order valence-corrected chi connectivity index (χ0v) is 12.7. The Balaban J connectivity index is 2.26. The highest BCUT2D eigenvalue weighted by molar-refractivity contribution is 5.35. The van der Waals surface area contributed by atoms with Crippen molar-refractivity contribution in [1.82, 2.24) is 5.32 Å². The molecule has 0 aliphatic carbocycles. The molecule has 0 radical (unpaired) electrons. The van der Waals surface area contributed by atoms with E-state index in [2.05, 4.69) is 49.5 Å². The summed E-state index contributed by atoms with van der Waals surface area (Å²) in [6, 6.07) is 15.2. The van der Waals surface area contributed by atoms with Gasteiger partial charge in [-0.2, -0.15) is 0 Å². The van der Waals surface area contributed by atoms with Gasteiger partial charge in [0.2, 0.25) is 0 Å². The number of hydrogen-bond acceptors (Lipinski definition) is 2. The quantitative estimate of drug-likeness (QED) is 0.891. The maximum Gasteiger partial charge on any atom is 0.119 e. The maximum absolute atomic E-state index is 5.31. The van der Waals surface area contributed by atoms with Gasteiger partial charge >= 0.3 is 0 Å². The lowest BCUT2D eigenvalue weighted by molar-refractivity contribution is 0.413. The Kier molecular flexibility index (Phi) is 4.80. The van der Waals surface area contributed by atoms with Crippen molar-refractivity contribution < 1.29 is 4.74 Å². The fourth-order valence-corrected chi connectivity index (χ4v) is 2.48. The van der Waals surface area contributed by atoms with Crippen LogP contribution in [0.4, 0.5) is 0 Å². The molecule has 0 aromatic heterocycles. The molecule has 0 heterocycles. The SMILES string of the molecule is CNC(Cc1cc(C)ccc1C)c1cccc(OC)c1. The maximum atomic E-state index is 5.31. The molecular formula is C18H23NO. The van der Waals surface area contributed by atoms with E-state index in [1.807, 2.05) is 19.2 Å². The van der Waals surface area contributed by atoms with Crippen LogP contribution in [-0.2, 0) is 6.42 Å². The number of hydrogen-bond donors (Lipinski definition) is 1. The zero-order valence-electron chi connectivity index (χ0n) is 12.7. The predicted molar refractivity (Wildman–Crippen MR) is 84.4 cm³/mol. The molecule has 0 bridgehead atoms. The zero-order chi connectivity index (χ0) is 14.5. The summed E-state index contributed by atoms with van der Waals surface area (Å²) in [7, 11) is 3.72. The standard InChI is InChI=1S/C18H23NO/c1-13-8-9-14(2)16(10-13)12-18(19-3)15-6-5-7-17(11-15)20-4/h5-11,18-19H,12H2,1-4H3. The Hall–Kier alpha value is -1.80. The summed E-state index contributed by atoms with van der Waals surface area (Å²) in [5, 5.41) is 3.41.